The second-order valence-electron chi connectivity index (χ2n) is 7.06. The number of allylic oxidation sites excluding steroid dienone is 2. The molecular weight excluding hydrogens is 300 g/mol. The van der Waals surface area contributed by atoms with E-state index in [2.05, 4.69) is 26.0 Å². The van der Waals surface area contributed by atoms with Crippen LogP contribution in [0.25, 0.3) is 5.57 Å². The van der Waals surface area contributed by atoms with Gasteiger partial charge in [0.2, 0.25) is 0 Å². The Morgan fingerprint density at radius 2 is 1.96 bits per heavy atom. The maximum atomic E-state index is 11.5. The predicted molar refractivity (Wildman–Crippen MR) is 97.4 cm³/mol. The van der Waals surface area contributed by atoms with Crippen molar-refractivity contribution in [3.05, 3.63) is 53.6 Å². The molecule has 1 aromatic rings. The summed E-state index contributed by atoms with van der Waals surface area (Å²) in [6.07, 6.45) is 6.01. The van der Waals surface area contributed by atoms with E-state index in [0.717, 1.165) is 17.6 Å². The highest BCUT2D eigenvalue weighted by molar-refractivity contribution is 5.73. The SMILES string of the molecule is CC(=O)O[C@H]1CC=C(c2ccccc2)[C@@H]1[C@](C)(O)CCC=C(C)C. The summed E-state index contributed by atoms with van der Waals surface area (Å²) in [5, 5.41) is 11.2. The van der Waals surface area contributed by atoms with Crippen molar-refractivity contribution in [1.82, 2.24) is 0 Å². The molecule has 1 aromatic carbocycles. The molecule has 0 saturated heterocycles. The van der Waals surface area contributed by atoms with Crippen molar-refractivity contribution in [3.63, 3.8) is 0 Å². The normalized spacial score (nSPS) is 22.5. The number of carbonyl (C=O) groups is 1. The van der Waals surface area contributed by atoms with Gasteiger partial charge in [0, 0.05) is 13.3 Å². The monoisotopic (exact) mass is 328 g/mol. The van der Waals surface area contributed by atoms with E-state index in [9.17, 15) is 9.90 Å². The molecular formula is C21H28O3. The Labute approximate surface area is 145 Å². The number of ether oxygens (including phenoxy) is 1. The molecule has 0 fully saturated rings. The molecule has 0 unspecified atom stereocenters. The molecule has 1 aliphatic rings. The van der Waals surface area contributed by atoms with E-state index < -0.39 is 5.60 Å². The first-order chi connectivity index (χ1) is 11.3. The van der Waals surface area contributed by atoms with Gasteiger partial charge in [-0.1, -0.05) is 48.1 Å². The first-order valence-electron chi connectivity index (χ1n) is 8.59. The number of hydrogen-bond donors (Lipinski definition) is 1. The Morgan fingerprint density at radius 3 is 2.54 bits per heavy atom. The molecule has 2 rings (SSSR count). The molecule has 0 heterocycles. The molecule has 24 heavy (non-hydrogen) atoms. The number of benzene rings is 1. The average Bonchev–Trinajstić information content (AvgIpc) is 2.91. The van der Waals surface area contributed by atoms with E-state index in [1.807, 2.05) is 37.3 Å². The smallest absolute Gasteiger partial charge is 0.302 e. The van der Waals surface area contributed by atoms with Crippen LogP contribution in [0.2, 0.25) is 0 Å². The highest BCUT2D eigenvalue weighted by Crippen LogP contribution is 2.44. The van der Waals surface area contributed by atoms with E-state index in [-0.39, 0.29) is 18.0 Å². The topological polar surface area (TPSA) is 46.5 Å². The van der Waals surface area contributed by atoms with Gasteiger partial charge in [0.25, 0.3) is 0 Å². The minimum atomic E-state index is -0.940. The predicted octanol–water partition coefficient (Wildman–Crippen LogP) is 4.52. The van der Waals surface area contributed by atoms with Gasteiger partial charge >= 0.3 is 5.97 Å². The fourth-order valence-electron chi connectivity index (χ4n) is 3.51. The highest BCUT2D eigenvalue weighted by Gasteiger charge is 2.44. The van der Waals surface area contributed by atoms with Crippen LogP contribution in [0.15, 0.2) is 48.1 Å². The molecule has 3 nitrogen and oxygen atoms in total. The van der Waals surface area contributed by atoms with Gasteiger partial charge < -0.3 is 9.84 Å². The number of rotatable bonds is 6. The van der Waals surface area contributed by atoms with E-state index in [1.54, 1.807) is 0 Å². The lowest BCUT2D eigenvalue weighted by Crippen LogP contribution is -2.42. The molecule has 3 heteroatoms. The molecule has 3 atom stereocenters. The van der Waals surface area contributed by atoms with Crippen molar-refractivity contribution in [2.24, 2.45) is 5.92 Å². The second-order valence-corrected chi connectivity index (χ2v) is 7.06. The third-order valence-electron chi connectivity index (χ3n) is 4.57. The first-order valence-corrected chi connectivity index (χ1v) is 8.59. The average molecular weight is 328 g/mol. The molecule has 130 valence electrons. The van der Waals surface area contributed by atoms with E-state index in [4.69, 9.17) is 4.74 Å². The fourth-order valence-corrected chi connectivity index (χ4v) is 3.51. The summed E-state index contributed by atoms with van der Waals surface area (Å²) in [7, 11) is 0. The van der Waals surface area contributed by atoms with Gasteiger partial charge in [0.05, 0.1) is 11.5 Å². The summed E-state index contributed by atoms with van der Waals surface area (Å²) in [5.74, 6) is -0.512. The van der Waals surface area contributed by atoms with Crippen molar-refractivity contribution in [2.75, 3.05) is 0 Å². The Balaban J connectivity index is 2.28. The zero-order chi connectivity index (χ0) is 17.7. The maximum absolute atomic E-state index is 11.5. The number of hydrogen-bond acceptors (Lipinski definition) is 3. The van der Waals surface area contributed by atoms with Crippen molar-refractivity contribution in [3.8, 4) is 0 Å². The van der Waals surface area contributed by atoms with Crippen LogP contribution in [0.1, 0.15) is 52.5 Å². The molecule has 0 aliphatic heterocycles. The van der Waals surface area contributed by atoms with Crippen LogP contribution in [0.5, 0.6) is 0 Å². The lowest BCUT2D eigenvalue weighted by molar-refractivity contribution is -0.151. The van der Waals surface area contributed by atoms with E-state index in [1.165, 1.54) is 12.5 Å². The summed E-state index contributed by atoms with van der Waals surface area (Å²) in [6.45, 7) is 7.40. The molecule has 0 bridgehead atoms. The highest BCUT2D eigenvalue weighted by atomic mass is 16.5. The Kier molecular flexibility index (Phi) is 6.00. The lowest BCUT2D eigenvalue weighted by atomic mass is 9.77. The van der Waals surface area contributed by atoms with Crippen LogP contribution in [-0.4, -0.2) is 22.8 Å². The van der Waals surface area contributed by atoms with Crippen LogP contribution in [0.3, 0.4) is 0 Å². The molecule has 0 spiro atoms. The summed E-state index contributed by atoms with van der Waals surface area (Å²) in [4.78, 5) is 11.5. The van der Waals surface area contributed by atoms with Gasteiger partial charge in [0.1, 0.15) is 6.10 Å². The number of esters is 1. The van der Waals surface area contributed by atoms with Crippen molar-refractivity contribution < 1.29 is 14.6 Å². The van der Waals surface area contributed by atoms with Crippen molar-refractivity contribution in [1.29, 1.82) is 0 Å². The Hall–Kier alpha value is -1.87. The van der Waals surface area contributed by atoms with Crippen LogP contribution in [-0.2, 0) is 9.53 Å². The van der Waals surface area contributed by atoms with Crippen molar-refractivity contribution >= 4 is 11.5 Å². The van der Waals surface area contributed by atoms with Crippen LogP contribution < -0.4 is 0 Å². The fraction of sp³-hybridized carbons (Fsp3) is 0.476. The summed E-state index contributed by atoms with van der Waals surface area (Å²) in [6, 6.07) is 10.0. The molecule has 0 amide bonds. The van der Waals surface area contributed by atoms with Gasteiger partial charge in [-0.05, 0) is 44.7 Å². The zero-order valence-electron chi connectivity index (χ0n) is 15.1. The number of carbonyl (C=O) groups excluding carboxylic acids is 1. The molecule has 0 radical (unpaired) electrons. The molecule has 1 aliphatic carbocycles. The quantitative estimate of drug-likeness (QED) is 0.617. The first kappa shape index (κ1) is 18.5. The minimum absolute atomic E-state index is 0.214. The molecule has 0 aromatic heterocycles. The Morgan fingerprint density at radius 1 is 1.29 bits per heavy atom. The summed E-state index contributed by atoms with van der Waals surface area (Å²) >= 11 is 0. The van der Waals surface area contributed by atoms with Gasteiger partial charge in [-0.25, -0.2) is 0 Å². The largest absolute Gasteiger partial charge is 0.461 e. The van der Waals surface area contributed by atoms with Gasteiger partial charge in [-0.2, -0.15) is 0 Å². The molecule has 0 saturated carbocycles. The van der Waals surface area contributed by atoms with E-state index >= 15 is 0 Å². The van der Waals surface area contributed by atoms with Crippen molar-refractivity contribution in [2.45, 2.75) is 58.7 Å². The Bertz CT molecular complexity index is 622. The standard InChI is InChI=1S/C21H28O3/c1-15(2)9-8-14-21(4,23)20-18(17-10-6-5-7-11-17)12-13-19(20)24-16(3)22/h5-7,9-12,19-20,23H,8,13-14H2,1-4H3/t19-,20-,21+/m0/s1. The van der Waals surface area contributed by atoms with Gasteiger partial charge in [-0.15, -0.1) is 0 Å². The zero-order valence-corrected chi connectivity index (χ0v) is 15.1. The lowest BCUT2D eigenvalue weighted by Gasteiger charge is -2.36. The molecule has 1 N–H and O–H groups in total. The maximum Gasteiger partial charge on any atom is 0.302 e. The minimum Gasteiger partial charge on any atom is -0.461 e. The van der Waals surface area contributed by atoms with E-state index in [0.29, 0.717) is 12.8 Å². The number of aliphatic hydroxyl groups is 1. The van der Waals surface area contributed by atoms with Crippen LogP contribution in [0, 0.1) is 5.92 Å². The second kappa shape index (κ2) is 7.80. The van der Waals surface area contributed by atoms with Crippen LogP contribution in [0.4, 0.5) is 0 Å². The third kappa shape index (κ3) is 4.57. The summed E-state index contributed by atoms with van der Waals surface area (Å²) in [5.41, 5.74) is 2.46. The summed E-state index contributed by atoms with van der Waals surface area (Å²) < 4.78 is 5.52. The van der Waals surface area contributed by atoms with Gasteiger partial charge in [-0.3, -0.25) is 4.79 Å². The van der Waals surface area contributed by atoms with Gasteiger partial charge in [0.15, 0.2) is 0 Å². The van der Waals surface area contributed by atoms with Crippen LogP contribution >= 0.6 is 0 Å². The third-order valence-corrected chi connectivity index (χ3v) is 4.57.